The molecule has 0 bridgehead atoms. The van der Waals surface area contributed by atoms with E-state index in [2.05, 4.69) is 10.2 Å². The Morgan fingerprint density at radius 3 is 2.83 bits per heavy atom. The molecule has 23 heavy (non-hydrogen) atoms. The minimum absolute atomic E-state index is 0.121. The maximum atomic E-state index is 13.7. The van der Waals surface area contributed by atoms with Gasteiger partial charge in [0.15, 0.2) is 0 Å². The molecule has 3 rings (SSSR count). The van der Waals surface area contributed by atoms with Crippen LogP contribution >= 0.6 is 0 Å². The molecule has 0 unspecified atom stereocenters. The van der Waals surface area contributed by atoms with E-state index in [-0.39, 0.29) is 18.6 Å². The van der Waals surface area contributed by atoms with Crippen molar-refractivity contribution in [2.24, 2.45) is 5.92 Å². The molecule has 1 N–H and O–H groups in total. The van der Waals surface area contributed by atoms with E-state index in [0.717, 1.165) is 38.0 Å². The lowest BCUT2D eigenvalue weighted by atomic mass is 10.2. The minimum Gasteiger partial charge on any atom is -0.334 e. The van der Waals surface area contributed by atoms with Gasteiger partial charge in [-0.2, -0.15) is 0 Å². The first kappa shape index (κ1) is 16.2. The van der Waals surface area contributed by atoms with Crippen LogP contribution in [0.4, 0.5) is 13.6 Å². The number of amides is 2. The van der Waals surface area contributed by atoms with E-state index in [1.807, 2.05) is 0 Å². The fourth-order valence-electron chi connectivity index (χ4n) is 3.04. The first-order chi connectivity index (χ1) is 11.0. The summed E-state index contributed by atoms with van der Waals surface area (Å²) in [7, 11) is 1.62. The summed E-state index contributed by atoms with van der Waals surface area (Å²) in [5, 5.41) is 3.00. The quantitative estimate of drug-likeness (QED) is 0.904. The highest BCUT2D eigenvalue weighted by molar-refractivity contribution is 5.74. The van der Waals surface area contributed by atoms with Crippen molar-refractivity contribution >= 4 is 6.03 Å². The molecule has 2 fully saturated rings. The summed E-state index contributed by atoms with van der Waals surface area (Å²) in [6, 6.07) is 3.36. The summed E-state index contributed by atoms with van der Waals surface area (Å²) in [4.78, 5) is 16.1. The molecular weight excluding hydrogens is 300 g/mol. The molecule has 6 heteroatoms. The van der Waals surface area contributed by atoms with Crippen LogP contribution in [0.5, 0.6) is 0 Å². The Bertz CT molecular complexity index is 577. The van der Waals surface area contributed by atoms with Crippen LogP contribution in [0.2, 0.25) is 0 Å². The number of rotatable bonds is 5. The molecule has 126 valence electrons. The monoisotopic (exact) mass is 323 g/mol. The second-order valence-corrected chi connectivity index (χ2v) is 6.73. The van der Waals surface area contributed by atoms with Crippen molar-refractivity contribution in [2.75, 3.05) is 26.7 Å². The number of hydrogen-bond donors (Lipinski definition) is 1. The average Bonchev–Trinajstić information content (AvgIpc) is 3.20. The molecule has 2 aliphatic rings. The summed E-state index contributed by atoms with van der Waals surface area (Å²) in [6.07, 6.45) is 3.62. The van der Waals surface area contributed by atoms with Gasteiger partial charge < -0.3 is 15.1 Å². The van der Waals surface area contributed by atoms with Gasteiger partial charge in [-0.05, 0) is 31.2 Å². The molecule has 0 aromatic heterocycles. The zero-order chi connectivity index (χ0) is 16.4. The maximum absolute atomic E-state index is 13.7. The van der Waals surface area contributed by atoms with Crippen LogP contribution in [0.15, 0.2) is 18.2 Å². The Morgan fingerprint density at radius 1 is 1.35 bits per heavy atom. The molecule has 1 aliphatic heterocycles. The van der Waals surface area contributed by atoms with E-state index in [1.165, 1.54) is 29.9 Å². The summed E-state index contributed by atoms with van der Waals surface area (Å²) in [6.45, 7) is 3.18. The van der Waals surface area contributed by atoms with Gasteiger partial charge in [-0.3, -0.25) is 0 Å². The van der Waals surface area contributed by atoms with Crippen LogP contribution in [0.1, 0.15) is 24.8 Å². The highest BCUT2D eigenvalue weighted by atomic mass is 19.1. The molecule has 1 atom stereocenters. The number of nitrogens with zero attached hydrogens (tertiary/aromatic N) is 2. The Morgan fingerprint density at radius 2 is 2.13 bits per heavy atom. The Kier molecular flexibility index (Phi) is 4.80. The third-order valence-corrected chi connectivity index (χ3v) is 4.58. The summed E-state index contributed by atoms with van der Waals surface area (Å²) < 4.78 is 26.6. The van der Waals surface area contributed by atoms with Crippen molar-refractivity contribution in [1.82, 2.24) is 15.1 Å². The van der Waals surface area contributed by atoms with Crippen LogP contribution in [-0.4, -0.2) is 48.6 Å². The van der Waals surface area contributed by atoms with Crippen molar-refractivity contribution < 1.29 is 13.6 Å². The molecular formula is C17H23F2N3O. The lowest BCUT2D eigenvalue weighted by molar-refractivity contribution is 0.201. The molecule has 2 amide bonds. The van der Waals surface area contributed by atoms with Crippen molar-refractivity contribution in [3.8, 4) is 0 Å². The fraction of sp³-hybridized carbons (Fsp3) is 0.588. The van der Waals surface area contributed by atoms with Crippen molar-refractivity contribution in [3.63, 3.8) is 0 Å². The molecule has 0 radical (unpaired) electrons. The maximum Gasteiger partial charge on any atom is 0.317 e. The smallest absolute Gasteiger partial charge is 0.317 e. The third-order valence-electron chi connectivity index (χ3n) is 4.58. The summed E-state index contributed by atoms with van der Waals surface area (Å²) >= 11 is 0. The number of nitrogens with one attached hydrogen (secondary N) is 1. The SMILES string of the molecule is CN(Cc1ccc(F)cc1F)C(=O)N[C@@H]1CCN(CC2CC2)C1. The highest BCUT2D eigenvalue weighted by Crippen LogP contribution is 2.30. The van der Waals surface area contributed by atoms with E-state index in [1.54, 1.807) is 7.05 Å². The van der Waals surface area contributed by atoms with Gasteiger partial charge in [0, 0.05) is 50.9 Å². The van der Waals surface area contributed by atoms with Gasteiger partial charge in [0.2, 0.25) is 0 Å². The van der Waals surface area contributed by atoms with Gasteiger partial charge in [0.1, 0.15) is 11.6 Å². The van der Waals surface area contributed by atoms with E-state index < -0.39 is 11.6 Å². The van der Waals surface area contributed by atoms with Crippen LogP contribution in [0, 0.1) is 17.6 Å². The second kappa shape index (κ2) is 6.83. The predicted octanol–water partition coefficient (Wildman–Crippen LogP) is 2.59. The van der Waals surface area contributed by atoms with Crippen molar-refractivity contribution in [1.29, 1.82) is 0 Å². The lowest BCUT2D eigenvalue weighted by Crippen LogP contribution is -2.44. The number of hydrogen-bond acceptors (Lipinski definition) is 2. The van der Waals surface area contributed by atoms with Gasteiger partial charge >= 0.3 is 6.03 Å². The Balaban J connectivity index is 1.47. The molecule has 4 nitrogen and oxygen atoms in total. The summed E-state index contributed by atoms with van der Waals surface area (Å²) in [5.74, 6) is -0.380. The van der Waals surface area contributed by atoms with E-state index in [9.17, 15) is 13.6 Å². The largest absolute Gasteiger partial charge is 0.334 e. The first-order valence-electron chi connectivity index (χ1n) is 8.19. The van der Waals surface area contributed by atoms with Gasteiger partial charge in [-0.1, -0.05) is 6.07 Å². The number of halogens is 2. The Hall–Kier alpha value is -1.69. The van der Waals surface area contributed by atoms with Crippen LogP contribution in [-0.2, 0) is 6.54 Å². The lowest BCUT2D eigenvalue weighted by Gasteiger charge is -2.22. The molecule has 1 heterocycles. The van der Waals surface area contributed by atoms with Gasteiger partial charge in [0.05, 0.1) is 0 Å². The molecule has 1 aromatic carbocycles. The number of benzene rings is 1. The van der Waals surface area contributed by atoms with Gasteiger partial charge in [-0.15, -0.1) is 0 Å². The molecule has 1 saturated heterocycles. The van der Waals surface area contributed by atoms with E-state index in [4.69, 9.17) is 0 Å². The minimum atomic E-state index is -0.624. The third kappa shape index (κ3) is 4.41. The highest BCUT2D eigenvalue weighted by Gasteiger charge is 2.30. The van der Waals surface area contributed by atoms with Gasteiger partial charge in [-0.25, -0.2) is 13.6 Å². The number of carbonyl (C=O) groups excluding carboxylic acids is 1. The molecule has 1 aromatic rings. The van der Waals surface area contributed by atoms with Crippen LogP contribution < -0.4 is 5.32 Å². The topological polar surface area (TPSA) is 35.6 Å². The zero-order valence-electron chi connectivity index (χ0n) is 13.4. The second-order valence-electron chi connectivity index (χ2n) is 6.73. The first-order valence-corrected chi connectivity index (χ1v) is 8.19. The molecule has 1 aliphatic carbocycles. The normalized spacial score (nSPS) is 21.4. The van der Waals surface area contributed by atoms with Crippen LogP contribution in [0.3, 0.4) is 0 Å². The standard InChI is InChI=1S/C17H23F2N3O/c1-21(10-13-4-5-14(18)8-16(13)19)17(23)20-15-6-7-22(11-15)9-12-2-3-12/h4-5,8,12,15H,2-3,6-7,9-11H2,1H3,(H,20,23)/t15-/m1/s1. The van der Waals surface area contributed by atoms with Crippen molar-refractivity contribution in [3.05, 3.63) is 35.4 Å². The predicted molar refractivity (Wildman–Crippen MR) is 83.9 cm³/mol. The van der Waals surface area contributed by atoms with Gasteiger partial charge in [0.25, 0.3) is 0 Å². The molecule has 1 saturated carbocycles. The fourth-order valence-corrected chi connectivity index (χ4v) is 3.04. The van der Waals surface area contributed by atoms with E-state index >= 15 is 0 Å². The van der Waals surface area contributed by atoms with Crippen LogP contribution in [0.25, 0.3) is 0 Å². The average molecular weight is 323 g/mol. The number of urea groups is 1. The molecule has 0 spiro atoms. The Labute approximate surface area is 135 Å². The number of carbonyl (C=O) groups is 1. The zero-order valence-corrected chi connectivity index (χ0v) is 13.4. The van der Waals surface area contributed by atoms with E-state index in [0.29, 0.717) is 5.56 Å². The van der Waals surface area contributed by atoms with Crippen molar-refractivity contribution in [2.45, 2.75) is 31.8 Å². The number of likely N-dealkylation sites (tertiary alicyclic amines) is 1. The summed E-state index contributed by atoms with van der Waals surface area (Å²) in [5.41, 5.74) is 0.311.